The Morgan fingerprint density at radius 1 is 0.758 bits per heavy atom. The van der Waals surface area contributed by atoms with Gasteiger partial charge in [-0.2, -0.15) is 0 Å². The van der Waals surface area contributed by atoms with Crippen LogP contribution in [-0.2, 0) is 16.0 Å². The van der Waals surface area contributed by atoms with E-state index in [2.05, 4.69) is 26.6 Å². The number of carbonyl (C=O) groups is 2. The number of halogens is 1. The fraction of sp³-hybridized carbons (Fsp3) is 0.111. The molecule has 0 bridgehead atoms. The third-order valence-corrected chi connectivity index (χ3v) is 5.92. The summed E-state index contributed by atoms with van der Waals surface area (Å²) in [5.74, 6) is 0.234. The van der Waals surface area contributed by atoms with Crippen molar-refractivity contribution in [1.82, 2.24) is 0 Å². The summed E-state index contributed by atoms with van der Waals surface area (Å²) in [5, 5.41) is 7.80. The Morgan fingerprint density at radius 2 is 1.45 bits per heavy atom. The van der Waals surface area contributed by atoms with Crippen molar-refractivity contribution in [1.29, 1.82) is 0 Å². The Morgan fingerprint density at radius 3 is 2.24 bits per heavy atom. The van der Waals surface area contributed by atoms with E-state index in [1.165, 1.54) is 0 Å². The van der Waals surface area contributed by atoms with Crippen LogP contribution in [0.2, 0.25) is 0 Å². The van der Waals surface area contributed by atoms with E-state index in [0.29, 0.717) is 30.0 Å². The van der Waals surface area contributed by atoms with Crippen LogP contribution in [0.15, 0.2) is 95.5 Å². The predicted molar refractivity (Wildman–Crippen MR) is 136 cm³/mol. The molecule has 0 spiro atoms. The quantitative estimate of drug-likeness (QED) is 0.301. The van der Waals surface area contributed by atoms with Gasteiger partial charge in [0.2, 0.25) is 5.91 Å². The number of amides is 2. The molecule has 4 rings (SSSR count). The smallest absolute Gasteiger partial charge is 0.262 e. The first-order valence-corrected chi connectivity index (χ1v) is 11.4. The maximum absolute atomic E-state index is 12.4. The van der Waals surface area contributed by atoms with Gasteiger partial charge in [0.25, 0.3) is 5.91 Å². The monoisotopic (exact) mass is 502 g/mol. The molecule has 0 aliphatic carbocycles. The van der Waals surface area contributed by atoms with Gasteiger partial charge in [0.05, 0.1) is 4.47 Å². The lowest BCUT2D eigenvalue weighted by Crippen LogP contribution is -2.20. The summed E-state index contributed by atoms with van der Waals surface area (Å²) in [6.45, 7) is -0.134. The van der Waals surface area contributed by atoms with E-state index >= 15 is 0 Å². The van der Waals surface area contributed by atoms with Gasteiger partial charge < -0.3 is 15.4 Å². The first-order chi connectivity index (χ1) is 16.1. The van der Waals surface area contributed by atoms with Crippen molar-refractivity contribution in [2.24, 2.45) is 0 Å². The van der Waals surface area contributed by atoms with Crippen molar-refractivity contribution in [3.05, 3.63) is 101 Å². The number of hydrogen-bond acceptors (Lipinski definition) is 3. The molecule has 0 unspecified atom stereocenters. The average Bonchev–Trinajstić information content (AvgIpc) is 2.83. The molecule has 2 amide bonds. The summed E-state index contributed by atoms with van der Waals surface area (Å²) in [6, 6.07) is 28.7. The van der Waals surface area contributed by atoms with Crippen molar-refractivity contribution >= 4 is 49.9 Å². The van der Waals surface area contributed by atoms with Gasteiger partial charge in [-0.1, -0.05) is 66.7 Å². The molecular formula is C27H23BrN2O3. The standard InChI is InChI=1S/C27H23BrN2O3/c28-27-23-12-5-4-9-20(23)14-15-24(27)33-18-26(32)30-22-11-6-10-21(17-22)29-25(31)16-13-19-7-2-1-3-8-19/h1-12,14-15,17H,13,16,18H2,(H,29,31)(H,30,32). The number of ether oxygens (including phenoxy) is 1. The van der Waals surface area contributed by atoms with E-state index in [0.717, 1.165) is 20.8 Å². The zero-order valence-electron chi connectivity index (χ0n) is 17.9. The lowest BCUT2D eigenvalue weighted by Gasteiger charge is -2.12. The SMILES string of the molecule is O=C(CCc1ccccc1)Nc1cccc(NC(=O)COc2ccc3ccccc3c2Br)c1. The normalized spacial score (nSPS) is 10.6. The summed E-state index contributed by atoms with van der Waals surface area (Å²) in [6.07, 6.45) is 1.06. The highest BCUT2D eigenvalue weighted by Gasteiger charge is 2.10. The van der Waals surface area contributed by atoms with Crippen molar-refractivity contribution in [3.63, 3.8) is 0 Å². The number of hydrogen-bond donors (Lipinski definition) is 2. The number of aryl methyl sites for hydroxylation is 1. The number of nitrogens with one attached hydrogen (secondary N) is 2. The molecular weight excluding hydrogens is 480 g/mol. The largest absolute Gasteiger partial charge is 0.483 e. The predicted octanol–water partition coefficient (Wildman–Crippen LogP) is 6.19. The molecule has 0 atom stereocenters. The molecule has 6 heteroatoms. The summed E-state index contributed by atoms with van der Waals surface area (Å²) in [5.41, 5.74) is 2.33. The van der Waals surface area contributed by atoms with Crippen molar-refractivity contribution in [3.8, 4) is 5.75 Å². The second-order valence-corrected chi connectivity index (χ2v) is 8.34. The van der Waals surface area contributed by atoms with E-state index in [-0.39, 0.29) is 18.4 Å². The Hall–Kier alpha value is -3.64. The molecule has 0 aliphatic rings. The molecule has 33 heavy (non-hydrogen) atoms. The summed E-state index contributed by atoms with van der Waals surface area (Å²) < 4.78 is 6.53. The molecule has 0 saturated heterocycles. The topological polar surface area (TPSA) is 67.4 Å². The van der Waals surface area contributed by atoms with E-state index in [1.807, 2.05) is 66.7 Å². The van der Waals surface area contributed by atoms with Crippen molar-refractivity contribution in [2.45, 2.75) is 12.8 Å². The number of rotatable bonds is 8. The Bertz CT molecular complexity index is 1270. The molecule has 5 nitrogen and oxygen atoms in total. The fourth-order valence-corrected chi connectivity index (χ4v) is 4.07. The van der Waals surface area contributed by atoms with Crippen LogP contribution in [0.1, 0.15) is 12.0 Å². The molecule has 0 saturated carbocycles. The average molecular weight is 503 g/mol. The summed E-state index contributed by atoms with van der Waals surface area (Å²) in [7, 11) is 0. The highest BCUT2D eigenvalue weighted by Crippen LogP contribution is 2.33. The van der Waals surface area contributed by atoms with E-state index < -0.39 is 0 Å². The molecule has 0 aromatic heterocycles. The lowest BCUT2D eigenvalue weighted by molar-refractivity contribution is -0.118. The molecule has 0 fully saturated rings. The number of anilines is 2. The van der Waals surface area contributed by atoms with Crippen molar-refractivity contribution in [2.75, 3.05) is 17.2 Å². The van der Waals surface area contributed by atoms with Gasteiger partial charge >= 0.3 is 0 Å². The van der Waals surface area contributed by atoms with Crippen LogP contribution < -0.4 is 15.4 Å². The van der Waals surface area contributed by atoms with Crippen LogP contribution >= 0.6 is 15.9 Å². The molecule has 0 heterocycles. The molecule has 166 valence electrons. The molecule has 4 aromatic rings. The fourth-order valence-electron chi connectivity index (χ4n) is 3.47. The molecule has 0 radical (unpaired) electrons. The maximum atomic E-state index is 12.4. The van der Waals surface area contributed by atoms with E-state index in [4.69, 9.17) is 4.74 Å². The van der Waals surface area contributed by atoms with Crippen molar-refractivity contribution < 1.29 is 14.3 Å². The highest BCUT2D eigenvalue weighted by molar-refractivity contribution is 9.10. The second kappa shape index (κ2) is 10.8. The van der Waals surface area contributed by atoms with Crippen LogP contribution in [0.25, 0.3) is 10.8 Å². The number of fused-ring (bicyclic) bond motifs is 1. The van der Waals surface area contributed by atoms with Crippen LogP contribution in [0.4, 0.5) is 11.4 Å². The van der Waals surface area contributed by atoms with Gasteiger partial charge in [0.1, 0.15) is 5.75 Å². The third kappa shape index (κ3) is 6.20. The van der Waals surface area contributed by atoms with Gasteiger partial charge in [0.15, 0.2) is 6.61 Å². The second-order valence-electron chi connectivity index (χ2n) is 7.55. The zero-order chi connectivity index (χ0) is 23.0. The summed E-state index contributed by atoms with van der Waals surface area (Å²) >= 11 is 3.56. The van der Waals surface area contributed by atoms with Gasteiger partial charge in [-0.15, -0.1) is 0 Å². The maximum Gasteiger partial charge on any atom is 0.262 e. The Labute approximate surface area is 200 Å². The Balaban J connectivity index is 1.30. The van der Waals surface area contributed by atoms with Gasteiger partial charge in [-0.3, -0.25) is 9.59 Å². The lowest BCUT2D eigenvalue weighted by atomic mass is 10.1. The molecule has 4 aromatic carbocycles. The van der Waals surface area contributed by atoms with Gasteiger partial charge in [-0.25, -0.2) is 0 Å². The molecule has 0 aliphatic heterocycles. The molecule has 2 N–H and O–H groups in total. The highest BCUT2D eigenvalue weighted by atomic mass is 79.9. The minimum absolute atomic E-state index is 0.0770. The van der Waals surface area contributed by atoms with E-state index in [9.17, 15) is 9.59 Å². The van der Waals surface area contributed by atoms with Crippen LogP contribution in [0, 0.1) is 0 Å². The minimum atomic E-state index is -0.289. The first kappa shape index (κ1) is 22.6. The minimum Gasteiger partial charge on any atom is -0.483 e. The first-order valence-electron chi connectivity index (χ1n) is 10.6. The summed E-state index contributed by atoms with van der Waals surface area (Å²) in [4.78, 5) is 24.7. The zero-order valence-corrected chi connectivity index (χ0v) is 19.5. The van der Waals surface area contributed by atoms with Crippen LogP contribution in [0.3, 0.4) is 0 Å². The number of benzene rings is 4. The van der Waals surface area contributed by atoms with E-state index in [1.54, 1.807) is 24.3 Å². The third-order valence-electron chi connectivity index (χ3n) is 5.10. The van der Waals surface area contributed by atoms with Crippen LogP contribution in [0.5, 0.6) is 5.75 Å². The van der Waals surface area contributed by atoms with Crippen LogP contribution in [-0.4, -0.2) is 18.4 Å². The Kier molecular flexibility index (Phi) is 7.37. The van der Waals surface area contributed by atoms with Gasteiger partial charge in [0, 0.05) is 17.8 Å². The van der Waals surface area contributed by atoms with Gasteiger partial charge in [-0.05, 0) is 63.0 Å². The number of carbonyl (C=O) groups excluding carboxylic acids is 2.